The molecule has 0 aromatic carbocycles. The van der Waals surface area contributed by atoms with Gasteiger partial charge in [0.1, 0.15) is 0 Å². The number of carbonyl (C=O) groups excluding carboxylic acids is 1. The van der Waals surface area contributed by atoms with Gasteiger partial charge in [0.2, 0.25) is 0 Å². The molecular formula is C12H16O3. The normalized spacial score (nSPS) is 38.2. The molecule has 1 aliphatic heterocycles. The second-order valence-electron chi connectivity index (χ2n) is 4.95. The van der Waals surface area contributed by atoms with Crippen molar-refractivity contribution in [2.24, 2.45) is 5.41 Å². The highest BCUT2D eigenvalue weighted by molar-refractivity contribution is 5.94. The molecule has 1 spiro atoms. The van der Waals surface area contributed by atoms with Gasteiger partial charge in [-0.15, -0.1) is 0 Å². The van der Waals surface area contributed by atoms with Crippen LogP contribution in [0.2, 0.25) is 0 Å². The quantitative estimate of drug-likeness (QED) is 0.609. The Labute approximate surface area is 89.4 Å². The van der Waals surface area contributed by atoms with E-state index in [2.05, 4.69) is 6.92 Å². The van der Waals surface area contributed by atoms with Gasteiger partial charge < -0.3 is 9.47 Å². The van der Waals surface area contributed by atoms with E-state index in [4.69, 9.17) is 9.47 Å². The van der Waals surface area contributed by atoms with E-state index in [0.29, 0.717) is 6.42 Å². The molecule has 0 aromatic rings. The summed E-state index contributed by atoms with van der Waals surface area (Å²) in [6.45, 7) is 3.64. The maximum atomic E-state index is 11.5. The van der Waals surface area contributed by atoms with Crippen molar-refractivity contribution in [2.45, 2.75) is 38.4 Å². The monoisotopic (exact) mass is 208 g/mol. The van der Waals surface area contributed by atoms with Gasteiger partial charge in [-0.2, -0.15) is 0 Å². The van der Waals surface area contributed by atoms with Crippen LogP contribution in [0, 0.1) is 5.41 Å². The van der Waals surface area contributed by atoms with Crippen LogP contribution in [0.3, 0.4) is 0 Å². The van der Waals surface area contributed by atoms with Crippen LogP contribution in [0.4, 0.5) is 0 Å². The largest absolute Gasteiger partial charge is 0.349 e. The molecule has 0 radical (unpaired) electrons. The van der Waals surface area contributed by atoms with E-state index in [1.165, 1.54) is 5.57 Å². The van der Waals surface area contributed by atoms with E-state index in [-0.39, 0.29) is 11.2 Å². The van der Waals surface area contributed by atoms with Crippen molar-refractivity contribution in [1.82, 2.24) is 0 Å². The number of hydrogen-bond donors (Lipinski definition) is 0. The van der Waals surface area contributed by atoms with Crippen LogP contribution in [0.5, 0.6) is 0 Å². The summed E-state index contributed by atoms with van der Waals surface area (Å²) in [6.07, 6.45) is 5.17. The minimum Gasteiger partial charge on any atom is -0.349 e. The lowest BCUT2D eigenvalue weighted by molar-refractivity contribution is -0.302. The van der Waals surface area contributed by atoms with Crippen molar-refractivity contribution in [3.05, 3.63) is 11.6 Å². The Kier molecular flexibility index (Phi) is 1.86. The Morgan fingerprint density at radius 3 is 2.80 bits per heavy atom. The molecule has 1 saturated carbocycles. The third kappa shape index (κ3) is 1.11. The number of rotatable bonds is 0. The number of carbonyl (C=O) groups is 1. The Balaban J connectivity index is 1.99. The van der Waals surface area contributed by atoms with Gasteiger partial charge in [-0.25, -0.2) is 0 Å². The van der Waals surface area contributed by atoms with Crippen molar-refractivity contribution in [3.63, 3.8) is 0 Å². The summed E-state index contributed by atoms with van der Waals surface area (Å²) < 4.78 is 11.8. The molecule has 1 saturated heterocycles. The van der Waals surface area contributed by atoms with Gasteiger partial charge in [0.15, 0.2) is 11.6 Å². The second-order valence-corrected chi connectivity index (χ2v) is 4.95. The summed E-state index contributed by atoms with van der Waals surface area (Å²) >= 11 is 0. The molecule has 0 N–H and O–H groups in total. The zero-order chi connectivity index (χ0) is 10.5. The number of ether oxygens (including phenoxy) is 2. The summed E-state index contributed by atoms with van der Waals surface area (Å²) in [5.41, 5.74) is 1.04. The first-order chi connectivity index (χ1) is 7.16. The molecule has 1 heterocycles. The van der Waals surface area contributed by atoms with E-state index in [9.17, 15) is 4.79 Å². The van der Waals surface area contributed by atoms with Gasteiger partial charge in [0, 0.05) is 12.8 Å². The first-order valence-electron chi connectivity index (χ1n) is 5.68. The topological polar surface area (TPSA) is 35.5 Å². The van der Waals surface area contributed by atoms with E-state index in [0.717, 1.165) is 32.5 Å². The molecule has 82 valence electrons. The molecule has 2 fully saturated rings. The Hall–Kier alpha value is -0.670. The van der Waals surface area contributed by atoms with Crippen LogP contribution in [0.15, 0.2) is 11.6 Å². The molecule has 0 amide bonds. The Bertz CT molecular complexity index is 339. The number of hydrogen-bond acceptors (Lipinski definition) is 3. The highest BCUT2D eigenvalue weighted by Crippen LogP contribution is 2.58. The lowest BCUT2D eigenvalue weighted by atomic mass is 9.80. The first kappa shape index (κ1) is 9.55. The van der Waals surface area contributed by atoms with E-state index in [1.807, 2.05) is 0 Å². The molecule has 3 heteroatoms. The summed E-state index contributed by atoms with van der Waals surface area (Å²) in [5, 5.41) is 0. The average Bonchev–Trinajstić information content (AvgIpc) is 2.64. The fraction of sp³-hybridized carbons (Fsp3) is 0.750. The summed E-state index contributed by atoms with van der Waals surface area (Å²) in [4.78, 5) is 11.5. The first-order valence-corrected chi connectivity index (χ1v) is 5.68. The van der Waals surface area contributed by atoms with Crippen LogP contribution in [-0.4, -0.2) is 24.8 Å². The van der Waals surface area contributed by atoms with Crippen molar-refractivity contribution in [2.75, 3.05) is 13.2 Å². The van der Waals surface area contributed by atoms with Gasteiger partial charge in [0.05, 0.1) is 18.6 Å². The maximum Gasteiger partial charge on any atom is 0.178 e. The van der Waals surface area contributed by atoms with Crippen LogP contribution in [0.1, 0.15) is 32.6 Å². The highest BCUT2D eigenvalue weighted by atomic mass is 16.7. The second kappa shape index (κ2) is 2.92. The summed E-state index contributed by atoms with van der Waals surface area (Å²) in [5.74, 6) is -0.271. The minimum atomic E-state index is -0.497. The smallest absolute Gasteiger partial charge is 0.178 e. The van der Waals surface area contributed by atoms with E-state index < -0.39 is 5.79 Å². The van der Waals surface area contributed by atoms with Crippen LogP contribution in [0.25, 0.3) is 0 Å². The molecule has 0 unspecified atom stereocenters. The number of fused-ring (bicyclic) bond motifs is 2. The van der Waals surface area contributed by atoms with E-state index >= 15 is 0 Å². The zero-order valence-corrected chi connectivity index (χ0v) is 9.04. The fourth-order valence-electron chi connectivity index (χ4n) is 3.21. The summed E-state index contributed by atoms with van der Waals surface area (Å²) in [6, 6.07) is 0. The predicted octanol–water partition coefficient (Wildman–Crippen LogP) is 1.82. The molecule has 2 aliphatic carbocycles. The molecule has 0 aromatic heterocycles. The molecular weight excluding hydrogens is 192 g/mol. The van der Waals surface area contributed by atoms with Gasteiger partial charge in [-0.1, -0.05) is 12.5 Å². The average molecular weight is 208 g/mol. The van der Waals surface area contributed by atoms with Crippen LogP contribution < -0.4 is 0 Å². The molecule has 0 bridgehead atoms. The third-order valence-corrected chi connectivity index (χ3v) is 4.09. The van der Waals surface area contributed by atoms with Gasteiger partial charge in [-0.3, -0.25) is 4.79 Å². The van der Waals surface area contributed by atoms with Crippen molar-refractivity contribution in [3.8, 4) is 0 Å². The minimum absolute atomic E-state index is 0.190. The summed E-state index contributed by atoms with van der Waals surface area (Å²) in [7, 11) is 0. The van der Waals surface area contributed by atoms with Crippen molar-refractivity contribution in [1.29, 1.82) is 0 Å². The van der Waals surface area contributed by atoms with Gasteiger partial charge in [0.25, 0.3) is 0 Å². The molecule has 3 nitrogen and oxygen atoms in total. The molecule has 15 heavy (non-hydrogen) atoms. The van der Waals surface area contributed by atoms with Gasteiger partial charge >= 0.3 is 0 Å². The van der Waals surface area contributed by atoms with Crippen molar-refractivity contribution < 1.29 is 14.3 Å². The van der Waals surface area contributed by atoms with Crippen LogP contribution >= 0.6 is 0 Å². The van der Waals surface area contributed by atoms with Crippen LogP contribution in [-0.2, 0) is 14.3 Å². The SMILES string of the molecule is C[C@@]12CC(=O)C=C1CCC21OCCCO1. The number of allylic oxidation sites excluding steroid dienone is 1. The molecule has 3 rings (SSSR count). The van der Waals surface area contributed by atoms with Crippen molar-refractivity contribution >= 4 is 5.78 Å². The predicted molar refractivity (Wildman–Crippen MR) is 54.3 cm³/mol. The highest BCUT2D eigenvalue weighted by Gasteiger charge is 2.60. The molecule has 1 atom stereocenters. The zero-order valence-electron chi connectivity index (χ0n) is 9.04. The van der Waals surface area contributed by atoms with E-state index in [1.54, 1.807) is 6.08 Å². The fourth-order valence-corrected chi connectivity index (χ4v) is 3.21. The van der Waals surface area contributed by atoms with Gasteiger partial charge in [-0.05, 0) is 18.9 Å². The Morgan fingerprint density at radius 2 is 2.07 bits per heavy atom. The maximum absolute atomic E-state index is 11.5. The molecule has 3 aliphatic rings. The lowest BCUT2D eigenvalue weighted by Gasteiger charge is -2.44. The number of ketones is 1. The third-order valence-electron chi connectivity index (χ3n) is 4.09. The standard InChI is InChI=1S/C12H16O3/c1-11-8-10(13)7-9(11)3-4-12(11)14-5-2-6-15-12/h7H,2-6,8H2,1H3/t11-/m1/s1. The lowest BCUT2D eigenvalue weighted by Crippen LogP contribution is -2.50. The Morgan fingerprint density at radius 1 is 1.33 bits per heavy atom.